The zero-order valence-electron chi connectivity index (χ0n) is 14.3. The van der Waals surface area contributed by atoms with Crippen LogP contribution in [0.15, 0.2) is 48.9 Å². The van der Waals surface area contributed by atoms with E-state index in [1.54, 1.807) is 6.20 Å². The molecule has 1 aliphatic heterocycles. The number of hydrogen-bond acceptors (Lipinski definition) is 5. The van der Waals surface area contributed by atoms with Crippen LogP contribution in [0.3, 0.4) is 0 Å². The molecule has 128 valence electrons. The van der Waals surface area contributed by atoms with Gasteiger partial charge in [-0.15, -0.1) is 0 Å². The van der Waals surface area contributed by atoms with E-state index < -0.39 is 0 Å². The Labute approximate surface area is 147 Å². The normalized spacial score (nSPS) is 15.2. The van der Waals surface area contributed by atoms with Crippen LogP contribution in [0, 0.1) is 0 Å². The molecule has 0 radical (unpaired) electrons. The molecule has 0 bridgehead atoms. The van der Waals surface area contributed by atoms with Crippen LogP contribution in [-0.2, 0) is 0 Å². The van der Waals surface area contributed by atoms with Crippen LogP contribution in [0.2, 0.25) is 0 Å². The van der Waals surface area contributed by atoms with E-state index in [0.717, 1.165) is 48.6 Å². The first kappa shape index (κ1) is 15.8. The van der Waals surface area contributed by atoms with Crippen molar-refractivity contribution in [1.29, 1.82) is 0 Å². The molecule has 0 saturated carbocycles. The summed E-state index contributed by atoms with van der Waals surface area (Å²) < 4.78 is 2.30. The van der Waals surface area contributed by atoms with E-state index in [0.29, 0.717) is 12.0 Å². The number of piperidine rings is 1. The molecule has 4 rings (SSSR count). The Kier molecular flexibility index (Phi) is 4.43. The molecule has 3 aromatic rings. The summed E-state index contributed by atoms with van der Waals surface area (Å²) in [6, 6.07) is 12.7. The van der Waals surface area contributed by atoms with Crippen molar-refractivity contribution >= 4 is 5.95 Å². The fraction of sp³-hybridized carbons (Fsp3) is 0.316. The highest BCUT2D eigenvalue weighted by Crippen LogP contribution is 2.34. The average Bonchev–Trinajstić information content (AvgIpc) is 3.14. The Morgan fingerprint density at radius 2 is 1.88 bits per heavy atom. The van der Waals surface area contributed by atoms with Gasteiger partial charge in [0.2, 0.25) is 5.95 Å². The molecule has 6 nitrogen and oxygen atoms in total. The highest BCUT2D eigenvalue weighted by Gasteiger charge is 2.23. The predicted molar refractivity (Wildman–Crippen MR) is 99.4 cm³/mol. The van der Waals surface area contributed by atoms with Crippen LogP contribution in [-0.4, -0.2) is 39.7 Å². The maximum Gasteiger partial charge on any atom is 0.222 e. The maximum atomic E-state index is 4.76. The van der Waals surface area contributed by atoms with E-state index >= 15 is 0 Å². The molecule has 0 aliphatic carbocycles. The Hall–Kier alpha value is -2.73. The monoisotopic (exact) mass is 334 g/mol. The molecular formula is C19H22N6. The van der Waals surface area contributed by atoms with E-state index in [2.05, 4.69) is 37.3 Å². The number of hydrogen-bond donors (Lipinski definition) is 2. The third-order valence-electron chi connectivity index (χ3n) is 4.66. The van der Waals surface area contributed by atoms with Gasteiger partial charge < -0.3 is 15.2 Å². The Balaban J connectivity index is 1.86. The first-order valence-corrected chi connectivity index (χ1v) is 8.71. The van der Waals surface area contributed by atoms with Gasteiger partial charge in [0.25, 0.3) is 0 Å². The zero-order chi connectivity index (χ0) is 17.1. The van der Waals surface area contributed by atoms with E-state index in [1.807, 2.05) is 37.6 Å². The topological polar surface area (TPSA) is 67.7 Å². The molecule has 3 heterocycles. The largest absolute Gasteiger partial charge is 0.357 e. The van der Waals surface area contributed by atoms with Crippen LogP contribution >= 0.6 is 0 Å². The Bertz CT molecular complexity index is 836. The minimum atomic E-state index is 0.439. The molecule has 2 aromatic heterocycles. The van der Waals surface area contributed by atoms with Crippen LogP contribution in [0.25, 0.3) is 22.6 Å². The smallest absolute Gasteiger partial charge is 0.222 e. The fourth-order valence-corrected chi connectivity index (χ4v) is 3.39. The van der Waals surface area contributed by atoms with Crippen molar-refractivity contribution in [2.75, 3.05) is 25.5 Å². The number of nitrogens with one attached hydrogen (secondary N) is 2. The van der Waals surface area contributed by atoms with Gasteiger partial charge in [-0.25, -0.2) is 15.0 Å². The van der Waals surface area contributed by atoms with Gasteiger partial charge in [0, 0.05) is 24.8 Å². The lowest BCUT2D eigenvalue weighted by atomic mass is 10.0. The molecule has 1 saturated heterocycles. The Morgan fingerprint density at radius 3 is 2.64 bits per heavy atom. The first-order chi connectivity index (χ1) is 12.4. The number of aromatic nitrogens is 4. The van der Waals surface area contributed by atoms with Crippen molar-refractivity contribution in [3.05, 3.63) is 48.9 Å². The van der Waals surface area contributed by atoms with Crippen LogP contribution in [0.5, 0.6) is 0 Å². The highest BCUT2D eigenvalue weighted by atomic mass is 15.1. The lowest BCUT2D eigenvalue weighted by Crippen LogP contribution is -2.29. The van der Waals surface area contributed by atoms with Crippen LogP contribution < -0.4 is 10.6 Å². The standard InChI is InChI=1S/C19H22N6/c1-20-19-22-12-9-16(24-19)18-17(14-5-3-2-4-6-14)23-13-25(18)15-7-10-21-11-8-15/h2-6,9,12-13,15,21H,7-8,10-11H2,1H3,(H,20,22,24). The average molecular weight is 334 g/mol. The van der Waals surface area contributed by atoms with Gasteiger partial charge >= 0.3 is 0 Å². The van der Waals surface area contributed by atoms with Gasteiger partial charge in [0.15, 0.2) is 0 Å². The van der Waals surface area contributed by atoms with E-state index in [9.17, 15) is 0 Å². The summed E-state index contributed by atoms with van der Waals surface area (Å²) in [7, 11) is 1.83. The van der Waals surface area contributed by atoms with Gasteiger partial charge in [0.1, 0.15) is 0 Å². The van der Waals surface area contributed by atoms with E-state index in [-0.39, 0.29) is 0 Å². The second-order valence-corrected chi connectivity index (χ2v) is 6.21. The number of imidazole rings is 1. The van der Waals surface area contributed by atoms with Crippen LogP contribution in [0.4, 0.5) is 5.95 Å². The van der Waals surface area contributed by atoms with Gasteiger partial charge in [-0.3, -0.25) is 0 Å². The molecule has 0 spiro atoms. The zero-order valence-corrected chi connectivity index (χ0v) is 14.3. The van der Waals surface area contributed by atoms with Gasteiger partial charge in [0.05, 0.1) is 23.4 Å². The third-order valence-corrected chi connectivity index (χ3v) is 4.66. The first-order valence-electron chi connectivity index (χ1n) is 8.71. The number of nitrogens with zero attached hydrogens (tertiary/aromatic N) is 4. The molecule has 6 heteroatoms. The molecule has 2 N–H and O–H groups in total. The van der Waals surface area contributed by atoms with Gasteiger partial charge in [-0.1, -0.05) is 30.3 Å². The fourth-order valence-electron chi connectivity index (χ4n) is 3.39. The van der Waals surface area contributed by atoms with Crippen LogP contribution in [0.1, 0.15) is 18.9 Å². The quantitative estimate of drug-likeness (QED) is 0.768. The second-order valence-electron chi connectivity index (χ2n) is 6.21. The Morgan fingerprint density at radius 1 is 1.08 bits per heavy atom. The summed E-state index contributed by atoms with van der Waals surface area (Å²) in [5.41, 5.74) is 4.04. The molecule has 0 unspecified atom stereocenters. The predicted octanol–water partition coefficient (Wildman–Crippen LogP) is 2.97. The van der Waals surface area contributed by atoms with Crippen molar-refractivity contribution in [2.24, 2.45) is 0 Å². The third kappa shape index (κ3) is 3.13. The highest BCUT2D eigenvalue weighted by molar-refractivity contribution is 5.77. The van der Waals surface area contributed by atoms with Crippen molar-refractivity contribution < 1.29 is 0 Å². The molecule has 0 amide bonds. The van der Waals surface area contributed by atoms with Crippen molar-refractivity contribution in [3.8, 4) is 22.6 Å². The lowest BCUT2D eigenvalue weighted by molar-refractivity contribution is 0.370. The summed E-state index contributed by atoms with van der Waals surface area (Å²) in [6.07, 6.45) is 5.96. The molecule has 1 aliphatic rings. The maximum absolute atomic E-state index is 4.76. The minimum Gasteiger partial charge on any atom is -0.357 e. The second kappa shape index (κ2) is 7.03. The van der Waals surface area contributed by atoms with Crippen molar-refractivity contribution in [3.63, 3.8) is 0 Å². The minimum absolute atomic E-state index is 0.439. The molecule has 1 aromatic carbocycles. The van der Waals surface area contributed by atoms with Crippen molar-refractivity contribution in [2.45, 2.75) is 18.9 Å². The number of rotatable bonds is 4. The SMILES string of the molecule is CNc1nccc(-c2c(-c3ccccc3)ncn2C2CCNCC2)n1. The van der Waals surface area contributed by atoms with Gasteiger partial charge in [-0.2, -0.15) is 0 Å². The van der Waals surface area contributed by atoms with E-state index in [1.165, 1.54) is 0 Å². The molecule has 0 atom stereocenters. The van der Waals surface area contributed by atoms with Crippen molar-refractivity contribution in [1.82, 2.24) is 24.8 Å². The summed E-state index contributed by atoms with van der Waals surface area (Å²) in [5.74, 6) is 0.620. The molecule has 1 fully saturated rings. The lowest BCUT2D eigenvalue weighted by Gasteiger charge is -2.25. The van der Waals surface area contributed by atoms with Gasteiger partial charge in [-0.05, 0) is 32.0 Å². The molecule has 25 heavy (non-hydrogen) atoms. The number of benzene rings is 1. The summed E-state index contributed by atoms with van der Waals surface area (Å²) in [6.45, 7) is 2.07. The molecular weight excluding hydrogens is 312 g/mol. The number of anilines is 1. The van der Waals surface area contributed by atoms with E-state index in [4.69, 9.17) is 4.98 Å². The summed E-state index contributed by atoms with van der Waals surface area (Å²) >= 11 is 0. The summed E-state index contributed by atoms with van der Waals surface area (Å²) in [5, 5.41) is 6.46. The summed E-state index contributed by atoms with van der Waals surface area (Å²) in [4.78, 5) is 13.7.